The molecule has 28 heavy (non-hydrogen) atoms. The number of aromatic nitrogens is 1. The molecule has 0 atom stereocenters. The van der Waals surface area contributed by atoms with E-state index in [1.54, 1.807) is 0 Å². The smallest absolute Gasteiger partial charge is 0.416 e. The lowest BCUT2D eigenvalue weighted by Crippen LogP contribution is -2.17. The van der Waals surface area contributed by atoms with Crippen molar-refractivity contribution < 1.29 is 27.4 Å². The van der Waals surface area contributed by atoms with Gasteiger partial charge in [0.1, 0.15) is 13.2 Å². The number of ether oxygens (including phenoxy) is 2. The van der Waals surface area contributed by atoms with Gasteiger partial charge in [0, 0.05) is 24.2 Å². The Morgan fingerprint density at radius 3 is 2.57 bits per heavy atom. The van der Waals surface area contributed by atoms with Crippen LogP contribution in [0.1, 0.15) is 22.8 Å². The van der Waals surface area contributed by atoms with Crippen LogP contribution in [0.5, 0.6) is 11.5 Å². The molecule has 0 bridgehead atoms. The first kappa shape index (κ1) is 18.5. The Bertz CT molecular complexity index is 1130. The molecule has 9 heteroatoms. The largest absolute Gasteiger partial charge is 0.486 e. The summed E-state index contributed by atoms with van der Waals surface area (Å²) in [5.74, 6) is 0.519. The Balaban J connectivity index is 1.80. The predicted octanol–water partition coefficient (Wildman–Crippen LogP) is 4.25. The van der Waals surface area contributed by atoms with E-state index in [-0.39, 0.29) is 5.56 Å². The second kappa shape index (κ2) is 6.97. The molecule has 2 heterocycles. The summed E-state index contributed by atoms with van der Waals surface area (Å²) in [4.78, 5) is 17.0. The van der Waals surface area contributed by atoms with Gasteiger partial charge in [0.25, 0.3) is 5.91 Å². The van der Waals surface area contributed by atoms with E-state index < -0.39 is 17.6 Å². The van der Waals surface area contributed by atoms with Crippen LogP contribution in [0.15, 0.2) is 41.4 Å². The lowest BCUT2D eigenvalue weighted by atomic mass is 10.1. The molecular formula is C19H15F3N2O3S. The number of nitrogens with zero attached hydrogens (tertiary/aromatic N) is 2. The van der Waals surface area contributed by atoms with Crippen LogP contribution >= 0.6 is 11.3 Å². The van der Waals surface area contributed by atoms with Crippen LogP contribution in [-0.2, 0) is 12.7 Å². The number of hydrogen-bond acceptors (Lipinski definition) is 4. The number of fused-ring (bicyclic) bond motifs is 2. The highest BCUT2D eigenvalue weighted by molar-refractivity contribution is 7.16. The highest BCUT2D eigenvalue weighted by atomic mass is 32.1. The summed E-state index contributed by atoms with van der Waals surface area (Å²) in [6, 6.07) is 7.92. The molecule has 1 aliphatic rings. The van der Waals surface area contributed by atoms with E-state index in [1.165, 1.54) is 23.5 Å². The molecule has 0 saturated heterocycles. The highest BCUT2D eigenvalue weighted by Crippen LogP contribution is 2.35. The first-order chi connectivity index (χ1) is 13.4. The normalized spacial score (nSPS) is 14.5. The molecule has 1 aliphatic heterocycles. The minimum atomic E-state index is -4.52. The van der Waals surface area contributed by atoms with Crippen molar-refractivity contribution in [3.63, 3.8) is 0 Å². The van der Waals surface area contributed by atoms with Gasteiger partial charge in [0.05, 0.1) is 15.8 Å². The number of hydrogen-bond donors (Lipinski definition) is 0. The van der Waals surface area contributed by atoms with Crippen molar-refractivity contribution in [1.82, 2.24) is 4.57 Å². The Hall–Kier alpha value is -2.81. The van der Waals surface area contributed by atoms with E-state index in [2.05, 4.69) is 4.99 Å². The molecule has 2 aromatic carbocycles. The standard InChI is InChI=1S/C19H15F3N2O3S/c1-2-24-13-9-14-15(27-7-6-26-14)10-16(13)28-18(24)23-17(25)11-4-3-5-12(8-11)19(20,21)22/h3-5,8-10H,2,6-7H2,1H3. The van der Waals surface area contributed by atoms with Gasteiger partial charge in [0.15, 0.2) is 16.3 Å². The number of carbonyl (C=O) groups is 1. The van der Waals surface area contributed by atoms with Crippen LogP contribution in [0.25, 0.3) is 10.2 Å². The van der Waals surface area contributed by atoms with Crippen LogP contribution in [0.4, 0.5) is 13.2 Å². The zero-order valence-corrected chi connectivity index (χ0v) is 15.6. The molecule has 3 aromatic rings. The maximum atomic E-state index is 12.9. The quantitative estimate of drug-likeness (QED) is 0.637. The van der Waals surface area contributed by atoms with Gasteiger partial charge in [-0.25, -0.2) is 0 Å². The van der Waals surface area contributed by atoms with E-state index in [1.807, 2.05) is 23.6 Å². The number of carbonyl (C=O) groups excluding carboxylic acids is 1. The maximum Gasteiger partial charge on any atom is 0.416 e. The van der Waals surface area contributed by atoms with Crippen LogP contribution in [-0.4, -0.2) is 23.7 Å². The van der Waals surface area contributed by atoms with Gasteiger partial charge in [-0.05, 0) is 25.1 Å². The first-order valence-corrected chi connectivity index (χ1v) is 9.38. The number of amides is 1. The Labute approximate surface area is 161 Å². The molecule has 146 valence electrons. The molecule has 0 saturated carbocycles. The van der Waals surface area contributed by atoms with Crippen LogP contribution < -0.4 is 14.3 Å². The third kappa shape index (κ3) is 3.37. The molecule has 0 fully saturated rings. The predicted molar refractivity (Wildman–Crippen MR) is 97.8 cm³/mol. The molecule has 0 N–H and O–H groups in total. The van der Waals surface area contributed by atoms with Crippen molar-refractivity contribution in [3.05, 3.63) is 52.3 Å². The Morgan fingerprint density at radius 2 is 1.89 bits per heavy atom. The van der Waals surface area contributed by atoms with Gasteiger partial charge < -0.3 is 14.0 Å². The second-order valence-corrected chi connectivity index (χ2v) is 7.10. The third-order valence-electron chi connectivity index (χ3n) is 4.30. The molecular weight excluding hydrogens is 393 g/mol. The Morgan fingerprint density at radius 1 is 1.18 bits per heavy atom. The van der Waals surface area contributed by atoms with Crippen LogP contribution in [0.2, 0.25) is 0 Å². The van der Waals surface area contributed by atoms with E-state index in [9.17, 15) is 18.0 Å². The molecule has 1 amide bonds. The number of aryl methyl sites for hydroxylation is 1. The maximum absolute atomic E-state index is 12.9. The van der Waals surface area contributed by atoms with E-state index in [0.29, 0.717) is 36.1 Å². The van der Waals surface area contributed by atoms with Crippen molar-refractivity contribution in [1.29, 1.82) is 0 Å². The number of rotatable bonds is 2. The third-order valence-corrected chi connectivity index (χ3v) is 5.34. The summed E-state index contributed by atoms with van der Waals surface area (Å²) >= 11 is 1.27. The number of thiazole rings is 1. The van der Waals surface area contributed by atoms with Gasteiger partial charge in [-0.3, -0.25) is 4.79 Å². The monoisotopic (exact) mass is 408 g/mol. The fourth-order valence-corrected chi connectivity index (χ4v) is 4.08. The summed E-state index contributed by atoms with van der Waals surface area (Å²) in [6.45, 7) is 3.36. The minimum Gasteiger partial charge on any atom is -0.486 e. The molecule has 0 radical (unpaired) electrons. The Kier molecular flexibility index (Phi) is 4.62. The molecule has 4 rings (SSSR count). The number of halogens is 3. The fraction of sp³-hybridized carbons (Fsp3) is 0.263. The van der Waals surface area contributed by atoms with Gasteiger partial charge in [-0.15, -0.1) is 0 Å². The summed E-state index contributed by atoms with van der Waals surface area (Å²) in [6.07, 6.45) is -4.52. The summed E-state index contributed by atoms with van der Waals surface area (Å²) in [7, 11) is 0. The summed E-state index contributed by atoms with van der Waals surface area (Å²) < 4.78 is 52.5. The molecule has 0 spiro atoms. The van der Waals surface area contributed by atoms with Crippen molar-refractivity contribution in [2.45, 2.75) is 19.6 Å². The SMILES string of the molecule is CCn1c(=NC(=O)c2cccc(C(F)(F)F)c2)sc2cc3c(cc21)OCCO3. The summed E-state index contributed by atoms with van der Waals surface area (Å²) in [5.41, 5.74) is -0.163. The average Bonchev–Trinajstić information content (AvgIpc) is 3.01. The first-order valence-electron chi connectivity index (χ1n) is 8.56. The molecule has 0 unspecified atom stereocenters. The van der Waals surface area contributed by atoms with Gasteiger partial charge >= 0.3 is 6.18 Å². The average molecular weight is 408 g/mol. The highest BCUT2D eigenvalue weighted by Gasteiger charge is 2.30. The van der Waals surface area contributed by atoms with Crippen molar-refractivity contribution in [3.8, 4) is 11.5 Å². The zero-order chi connectivity index (χ0) is 19.9. The van der Waals surface area contributed by atoms with Gasteiger partial charge in [-0.2, -0.15) is 18.2 Å². The molecule has 5 nitrogen and oxygen atoms in total. The van der Waals surface area contributed by atoms with Crippen LogP contribution in [0, 0.1) is 0 Å². The van der Waals surface area contributed by atoms with E-state index in [0.717, 1.165) is 22.3 Å². The van der Waals surface area contributed by atoms with Crippen LogP contribution in [0.3, 0.4) is 0 Å². The summed E-state index contributed by atoms with van der Waals surface area (Å²) in [5, 5.41) is 0. The van der Waals surface area contributed by atoms with Crippen molar-refractivity contribution in [2.24, 2.45) is 4.99 Å². The van der Waals surface area contributed by atoms with Gasteiger partial charge in [0.2, 0.25) is 0 Å². The second-order valence-electron chi connectivity index (χ2n) is 6.09. The van der Waals surface area contributed by atoms with Crippen molar-refractivity contribution >= 4 is 27.5 Å². The minimum absolute atomic E-state index is 0.110. The topological polar surface area (TPSA) is 52.8 Å². The zero-order valence-electron chi connectivity index (χ0n) is 14.7. The van der Waals surface area contributed by atoms with E-state index in [4.69, 9.17) is 9.47 Å². The lowest BCUT2D eigenvalue weighted by Gasteiger charge is -2.18. The number of benzene rings is 2. The molecule has 0 aliphatic carbocycles. The molecule has 1 aromatic heterocycles. The fourth-order valence-electron chi connectivity index (χ4n) is 2.98. The van der Waals surface area contributed by atoms with E-state index >= 15 is 0 Å². The lowest BCUT2D eigenvalue weighted by molar-refractivity contribution is -0.137. The van der Waals surface area contributed by atoms with Crippen molar-refractivity contribution in [2.75, 3.05) is 13.2 Å². The number of alkyl halides is 3. The van der Waals surface area contributed by atoms with Gasteiger partial charge in [-0.1, -0.05) is 17.4 Å².